The highest BCUT2D eigenvalue weighted by atomic mass is 16.5. The highest BCUT2D eigenvalue weighted by Gasteiger charge is 2.17. The number of carboxylic acid groups (broad SMARTS) is 1. The van der Waals surface area contributed by atoms with Crippen molar-refractivity contribution in [3.63, 3.8) is 0 Å². The predicted octanol–water partition coefficient (Wildman–Crippen LogP) is -0.140. The fourth-order valence-corrected chi connectivity index (χ4v) is 0.980. The number of carboxylic acids is 1. The van der Waals surface area contributed by atoms with E-state index in [1.807, 2.05) is 6.07 Å². The van der Waals surface area contributed by atoms with Crippen LogP contribution in [0.2, 0.25) is 0 Å². The molecule has 0 bridgehead atoms. The van der Waals surface area contributed by atoms with E-state index in [1.54, 1.807) is 0 Å². The highest BCUT2D eigenvalue weighted by Crippen LogP contribution is 2.03. The molecule has 0 aromatic carbocycles. The van der Waals surface area contributed by atoms with E-state index in [2.05, 4.69) is 15.3 Å². The Hall–Kier alpha value is -2.20. The molecule has 0 aliphatic heterocycles. The van der Waals surface area contributed by atoms with Crippen LogP contribution in [0.4, 0.5) is 5.82 Å². The minimum Gasteiger partial charge on any atom is -0.480 e. The molecule has 7 nitrogen and oxygen atoms in total. The molecule has 1 heterocycles. The molecule has 0 spiro atoms. The van der Waals surface area contributed by atoms with Gasteiger partial charge in [0, 0.05) is 7.11 Å². The zero-order valence-corrected chi connectivity index (χ0v) is 8.54. The van der Waals surface area contributed by atoms with Crippen molar-refractivity contribution in [3.8, 4) is 6.07 Å². The summed E-state index contributed by atoms with van der Waals surface area (Å²) in [7, 11) is 1.40. The summed E-state index contributed by atoms with van der Waals surface area (Å²) in [6.07, 6.45) is 2.55. The molecule has 0 amide bonds. The molecule has 0 saturated heterocycles. The molecule has 0 radical (unpaired) electrons. The van der Waals surface area contributed by atoms with Crippen LogP contribution in [-0.2, 0) is 9.53 Å². The predicted molar refractivity (Wildman–Crippen MR) is 53.7 cm³/mol. The van der Waals surface area contributed by atoms with Crippen LogP contribution in [0.15, 0.2) is 12.4 Å². The van der Waals surface area contributed by atoms with Crippen LogP contribution >= 0.6 is 0 Å². The van der Waals surface area contributed by atoms with Crippen LogP contribution in [0, 0.1) is 11.3 Å². The van der Waals surface area contributed by atoms with Crippen LogP contribution in [0.25, 0.3) is 0 Å². The van der Waals surface area contributed by atoms with Gasteiger partial charge in [0.05, 0.1) is 19.0 Å². The van der Waals surface area contributed by atoms with Crippen LogP contribution in [0.1, 0.15) is 5.69 Å². The van der Waals surface area contributed by atoms with Gasteiger partial charge in [0.25, 0.3) is 0 Å². The molecule has 0 aliphatic rings. The van der Waals surface area contributed by atoms with Crippen molar-refractivity contribution in [2.45, 2.75) is 6.04 Å². The maximum Gasteiger partial charge on any atom is 0.328 e. The van der Waals surface area contributed by atoms with Gasteiger partial charge >= 0.3 is 5.97 Å². The molecule has 84 valence electrons. The lowest BCUT2D eigenvalue weighted by molar-refractivity contribution is -0.139. The zero-order valence-electron chi connectivity index (χ0n) is 8.54. The summed E-state index contributed by atoms with van der Waals surface area (Å²) in [6, 6.07) is 0.917. The standard InChI is InChI=1S/C9H10N4O3/c1-16-5-7(9(14)15)13-8-4-11-6(2-10)3-12-8/h3-4,7H,5H2,1H3,(H,12,13)(H,14,15). The average Bonchev–Trinajstić information content (AvgIpc) is 2.29. The maximum absolute atomic E-state index is 10.8. The van der Waals surface area contributed by atoms with Gasteiger partial charge in [-0.2, -0.15) is 5.26 Å². The summed E-state index contributed by atoms with van der Waals surface area (Å²) >= 11 is 0. The number of hydrogen-bond donors (Lipinski definition) is 2. The van der Waals surface area contributed by atoms with Crippen LogP contribution in [0.5, 0.6) is 0 Å². The van der Waals surface area contributed by atoms with E-state index in [0.717, 1.165) is 0 Å². The molecule has 0 saturated carbocycles. The van der Waals surface area contributed by atoms with E-state index in [9.17, 15) is 4.79 Å². The fraction of sp³-hybridized carbons (Fsp3) is 0.333. The number of nitrogens with zero attached hydrogens (tertiary/aromatic N) is 3. The first kappa shape index (κ1) is 11.9. The molecule has 1 unspecified atom stereocenters. The topological polar surface area (TPSA) is 108 Å². The minimum absolute atomic E-state index is 0.0109. The van der Waals surface area contributed by atoms with Crippen molar-refractivity contribution in [2.24, 2.45) is 0 Å². The van der Waals surface area contributed by atoms with Gasteiger partial charge in [-0.1, -0.05) is 0 Å². The van der Waals surface area contributed by atoms with E-state index in [4.69, 9.17) is 15.1 Å². The fourth-order valence-electron chi connectivity index (χ4n) is 0.980. The van der Waals surface area contributed by atoms with Gasteiger partial charge in [-0.3, -0.25) is 0 Å². The van der Waals surface area contributed by atoms with Crippen molar-refractivity contribution in [1.29, 1.82) is 5.26 Å². The number of methoxy groups -OCH3 is 1. The number of nitrogens with one attached hydrogen (secondary N) is 1. The van der Waals surface area contributed by atoms with E-state index in [-0.39, 0.29) is 18.1 Å². The molecule has 0 aliphatic carbocycles. The highest BCUT2D eigenvalue weighted by molar-refractivity contribution is 5.76. The summed E-state index contributed by atoms with van der Waals surface area (Å²) in [5, 5.41) is 19.9. The first-order valence-corrected chi connectivity index (χ1v) is 4.37. The van der Waals surface area contributed by atoms with Gasteiger partial charge in [0.2, 0.25) is 0 Å². The van der Waals surface area contributed by atoms with Crippen molar-refractivity contribution in [2.75, 3.05) is 19.0 Å². The third-order valence-corrected chi connectivity index (χ3v) is 1.72. The van der Waals surface area contributed by atoms with E-state index in [0.29, 0.717) is 0 Å². The Morgan fingerprint density at radius 2 is 2.44 bits per heavy atom. The van der Waals surface area contributed by atoms with E-state index >= 15 is 0 Å². The Kier molecular flexibility index (Phi) is 4.17. The first-order valence-electron chi connectivity index (χ1n) is 4.37. The number of carbonyl (C=O) groups is 1. The molecule has 1 atom stereocenters. The number of hydrogen-bond acceptors (Lipinski definition) is 6. The van der Waals surface area contributed by atoms with Gasteiger partial charge < -0.3 is 15.2 Å². The van der Waals surface area contributed by atoms with Crippen molar-refractivity contribution < 1.29 is 14.6 Å². The Balaban J connectivity index is 2.70. The van der Waals surface area contributed by atoms with Gasteiger partial charge in [0.1, 0.15) is 17.9 Å². The molecule has 2 N–H and O–H groups in total. The lowest BCUT2D eigenvalue weighted by Gasteiger charge is -2.13. The summed E-state index contributed by atoms with van der Waals surface area (Å²) in [5.41, 5.74) is 0.171. The van der Waals surface area contributed by atoms with Gasteiger partial charge in [-0.25, -0.2) is 14.8 Å². The minimum atomic E-state index is -1.05. The monoisotopic (exact) mass is 222 g/mol. The number of nitriles is 1. The lowest BCUT2D eigenvalue weighted by Crippen LogP contribution is -2.33. The Morgan fingerprint density at radius 3 is 2.88 bits per heavy atom. The Bertz CT molecular complexity index is 398. The Morgan fingerprint density at radius 1 is 1.69 bits per heavy atom. The summed E-state index contributed by atoms with van der Waals surface area (Å²) in [6.45, 7) is 0.0109. The number of rotatable bonds is 5. The van der Waals surface area contributed by atoms with Crippen molar-refractivity contribution in [1.82, 2.24) is 9.97 Å². The molecule has 1 aromatic rings. The number of aliphatic carboxylic acids is 1. The lowest BCUT2D eigenvalue weighted by atomic mass is 10.3. The van der Waals surface area contributed by atoms with Crippen LogP contribution in [-0.4, -0.2) is 40.8 Å². The second-order valence-corrected chi connectivity index (χ2v) is 2.89. The van der Waals surface area contributed by atoms with Gasteiger partial charge in [-0.05, 0) is 0 Å². The summed E-state index contributed by atoms with van der Waals surface area (Å²) in [4.78, 5) is 18.4. The number of aromatic nitrogens is 2. The van der Waals surface area contributed by atoms with Crippen LogP contribution < -0.4 is 5.32 Å². The second kappa shape index (κ2) is 5.63. The van der Waals surface area contributed by atoms with Gasteiger partial charge in [-0.15, -0.1) is 0 Å². The molecule has 0 fully saturated rings. The molecular weight excluding hydrogens is 212 g/mol. The number of ether oxygens (including phenoxy) is 1. The molecule has 1 aromatic heterocycles. The normalized spacial score (nSPS) is 11.5. The summed E-state index contributed by atoms with van der Waals surface area (Å²) < 4.78 is 4.74. The second-order valence-electron chi connectivity index (χ2n) is 2.89. The third-order valence-electron chi connectivity index (χ3n) is 1.72. The SMILES string of the molecule is COCC(Nc1cnc(C#N)cn1)C(=O)O. The first-order chi connectivity index (χ1) is 7.67. The maximum atomic E-state index is 10.8. The van der Waals surface area contributed by atoms with E-state index < -0.39 is 12.0 Å². The van der Waals surface area contributed by atoms with Crippen molar-refractivity contribution >= 4 is 11.8 Å². The van der Waals surface area contributed by atoms with Gasteiger partial charge in [0.15, 0.2) is 5.69 Å². The Labute approximate surface area is 91.7 Å². The molecular formula is C9H10N4O3. The average molecular weight is 222 g/mol. The quantitative estimate of drug-likeness (QED) is 0.713. The molecule has 1 rings (SSSR count). The zero-order chi connectivity index (χ0) is 12.0. The molecule has 16 heavy (non-hydrogen) atoms. The third kappa shape index (κ3) is 3.18. The van der Waals surface area contributed by atoms with E-state index in [1.165, 1.54) is 19.5 Å². The largest absolute Gasteiger partial charge is 0.480 e. The summed E-state index contributed by atoms with van der Waals surface area (Å²) in [5.74, 6) is -0.767. The number of anilines is 1. The van der Waals surface area contributed by atoms with Crippen LogP contribution in [0.3, 0.4) is 0 Å². The molecule has 7 heteroatoms. The van der Waals surface area contributed by atoms with Crippen molar-refractivity contribution in [3.05, 3.63) is 18.1 Å². The smallest absolute Gasteiger partial charge is 0.328 e.